The van der Waals surface area contributed by atoms with Crippen LogP contribution in [0.5, 0.6) is 0 Å². The molecule has 31 heavy (non-hydrogen) atoms. The molecule has 0 saturated heterocycles. The van der Waals surface area contributed by atoms with Crippen molar-refractivity contribution in [2.45, 2.75) is 45.4 Å². The number of imide groups is 2. The maximum Gasteiger partial charge on any atom is 0.276 e. The average molecular weight is 421 g/mol. The third kappa shape index (κ3) is 3.33. The Bertz CT molecular complexity index is 1030. The van der Waals surface area contributed by atoms with Gasteiger partial charge in [-0.05, 0) is 30.7 Å². The van der Waals surface area contributed by atoms with Gasteiger partial charge in [0.2, 0.25) is 0 Å². The second-order valence-corrected chi connectivity index (χ2v) is 8.37. The van der Waals surface area contributed by atoms with Gasteiger partial charge in [-0.1, -0.05) is 39.0 Å². The van der Waals surface area contributed by atoms with Gasteiger partial charge in [-0.25, -0.2) is 10.0 Å². The Morgan fingerprint density at radius 3 is 1.52 bits per heavy atom. The monoisotopic (exact) mass is 421 g/mol. The Labute approximate surface area is 181 Å². The molecule has 0 radical (unpaired) electrons. The first-order chi connectivity index (χ1) is 14.9. The number of carbonyl (C=O) groups is 4. The first-order valence-corrected chi connectivity index (χ1v) is 10.9. The molecule has 0 atom stereocenters. The fraction of sp³-hybridized carbons (Fsp3) is 0.417. The van der Waals surface area contributed by atoms with Crippen LogP contribution in [-0.2, 0) is 0 Å². The standard InChI is InChI=1S/C24H27N3O4/c1-4-5-6-7-8-9-14-26-21(28)15-10-12-17-20-18(13-11-16(19(15)20)22(26)29)24(31)27(23(17)30)25(2)3/h10-13H,4-9,14H2,1-3H3. The molecule has 2 aliphatic heterocycles. The van der Waals surface area contributed by atoms with Gasteiger partial charge in [0, 0.05) is 42.5 Å². The zero-order chi connectivity index (χ0) is 22.3. The molecule has 0 aliphatic carbocycles. The predicted octanol–water partition coefficient (Wildman–Crippen LogP) is 3.87. The van der Waals surface area contributed by atoms with Crippen LogP contribution in [0.3, 0.4) is 0 Å². The van der Waals surface area contributed by atoms with Gasteiger partial charge in [0.05, 0.1) is 11.1 Å². The van der Waals surface area contributed by atoms with Crippen LogP contribution in [0.2, 0.25) is 0 Å². The molecule has 7 nitrogen and oxygen atoms in total. The van der Waals surface area contributed by atoms with Crippen LogP contribution >= 0.6 is 0 Å². The summed E-state index contributed by atoms with van der Waals surface area (Å²) in [6.07, 6.45) is 6.37. The number of benzene rings is 2. The van der Waals surface area contributed by atoms with E-state index < -0.39 is 11.8 Å². The van der Waals surface area contributed by atoms with Gasteiger partial charge < -0.3 is 0 Å². The molecule has 0 fully saturated rings. The molecule has 0 aromatic heterocycles. The maximum absolute atomic E-state index is 13.2. The van der Waals surface area contributed by atoms with Crippen molar-refractivity contribution in [2.24, 2.45) is 0 Å². The highest BCUT2D eigenvalue weighted by atomic mass is 16.2. The van der Waals surface area contributed by atoms with Crippen LogP contribution < -0.4 is 0 Å². The van der Waals surface area contributed by atoms with E-state index in [1.165, 1.54) is 22.8 Å². The van der Waals surface area contributed by atoms with Gasteiger partial charge in [-0.3, -0.25) is 24.1 Å². The van der Waals surface area contributed by atoms with Gasteiger partial charge in [-0.2, -0.15) is 0 Å². The summed E-state index contributed by atoms with van der Waals surface area (Å²) in [4.78, 5) is 53.5. The molecule has 0 bridgehead atoms. The molecule has 2 aromatic rings. The number of amides is 4. The minimum atomic E-state index is -0.458. The van der Waals surface area contributed by atoms with Crippen LogP contribution in [0.15, 0.2) is 24.3 Å². The summed E-state index contributed by atoms with van der Waals surface area (Å²) in [5.74, 6) is -1.63. The van der Waals surface area contributed by atoms with Crippen LogP contribution in [-0.4, -0.2) is 59.2 Å². The molecule has 4 rings (SSSR count). The molecule has 0 N–H and O–H groups in total. The minimum absolute atomic E-state index is 0.328. The number of hydrogen-bond donors (Lipinski definition) is 0. The maximum atomic E-state index is 13.2. The van der Waals surface area contributed by atoms with Crippen molar-refractivity contribution in [2.75, 3.05) is 20.6 Å². The number of carbonyl (C=O) groups excluding carboxylic acids is 4. The van der Waals surface area contributed by atoms with E-state index in [-0.39, 0.29) is 11.8 Å². The van der Waals surface area contributed by atoms with E-state index in [4.69, 9.17) is 0 Å². The number of hydrogen-bond acceptors (Lipinski definition) is 5. The van der Waals surface area contributed by atoms with Crippen LogP contribution in [0.1, 0.15) is 86.9 Å². The second kappa shape index (κ2) is 8.23. The fourth-order valence-corrected chi connectivity index (χ4v) is 4.53. The Kier molecular flexibility index (Phi) is 5.62. The van der Waals surface area contributed by atoms with Crippen LogP contribution in [0.4, 0.5) is 0 Å². The number of unbranched alkanes of at least 4 members (excludes halogenated alkanes) is 5. The highest BCUT2D eigenvalue weighted by Gasteiger charge is 2.40. The van der Waals surface area contributed by atoms with Crippen LogP contribution in [0.25, 0.3) is 10.8 Å². The molecule has 7 heteroatoms. The lowest BCUT2D eigenvalue weighted by Gasteiger charge is -2.34. The van der Waals surface area contributed by atoms with Gasteiger partial charge in [0.25, 0.3) is 23.6 Å². The van der Waals surface area contributed by atoms with Gasteiger partial charge in [-0.15, -0.1) is 0 Å². The Morgan fingerprint density at radius 1 is 0.645 bits per heavy atom. The van der Waals surface area contributed by atoms with Crippen LogP contribution in [0, 0.1) is 0 Å². The third-order valence-electron chi connectivity index (χ3n) is 6.09. The molecule has 0 spiro atoms. The SMILES string of the molecule is CCCCCCCCN1C(=O)c2ccc3c4c(ccc(c24)C1=O)C(=O)N(N(C)C)C3=O. The lowest BCUT2D eigenvalue weighted by Crippen LogP contribution is -2.49. The number of rotatable bonds is 8. The number of hydrazine groups is 1. The lowest BCUT2D eigenvalue weighted by atomic mass is 9.86. The highest BCUT2D eigenvalue weighted by molar-refractivity contribution is 6.33. The van der Waals surface area contributed by atoms with Gasteiger partial charge in [0.15, 0.2) is 0 Å². The summed E-state index contributed by atoms with van der Waals surface area (Å²) in [6, 6.07) is 6.39. The van der Waals surface area contributed by atoms with E-state index in [2.05, 4.69) is 6.92 Å². The third-order valence-corrected chi connectivity index (χ3v) is 6.09. The second-order valence-electron chi connectivity index (χ2n) is 8.37. The molecule has 162 valence electrons. The zero-order valence-electron chi connectivity index (χ0n) is 18.2. The van der Waals surface area contributed by atoms with E-state index in [1.807, 2.05) is 0 Å². The predicted molar refractivity (Wildman–Crippen MR) is 117 cm³/mol. The normalized spacial score (nSPS) is 15.6. The zero-order valence-corrected chi connectivity index (χ0v) is 18.2. The molecule has 2 heterocycles. The first-order valence-electron chi connectivity index (χ1n) is 10.9. The molecule has 2 aromatic carbocycles. The van der Waals surface area contributed by atoms with Gasteiger partial charge in [0.1, 0.15) is 0 Å². The summed E-state index contributed by atoms with van der Waals surface area (Å²) in [5.41, 5.74) is 1.41. The van der Waals surface area contributed by atoms with Crippen molar-refractivity contribution < 1.29 is 19.2 Å². The average Bonchev–Trinajstić information content (AvgIpc) is 2.74. The Hall–Kier alpha value is -3.06. The minimum Gasteiger partial charge on any atom is -0.274 e. The van der Waals surface area contributed by atoms with Crippen molar-refractivity contribution in [3.8, 4) is 0 Å². The molecule has 4 amide bonds. The number of nitrogens with zero attached hydrogens (tertiary/aromatic N) is 3. The summed E-state index contributed by atoms with van der Waals surface area (Å²) in [7, 11) is 3.24. The molecule has 0 saturated carbocycles. The fourth-order valence-electron chi connectivity index (χ4n) is 4.53. The first kappa shape index (κ1) is 21.2. The summed E-state index contributed by atoms with van der Waals surface area (Å²) >= 11 is 0. The van der Waals surface area contributed by atoms with E-state index in [0.717, 1.165) is 30.7 Å². The molecule has 0 unspecified atom stereocenters. The molecular formula is C24H27N3O4. The Morgan fingerprint density at radius 2 is 1.06 bits per heavy atom. The van der Waals surface area contributed by atoms with Gasteiger partial charge >= 0.3 is 0 Å². The summed E-state index contributed by atoms with van der Waals surface area (Å²) in [6.45, 7) is 2.54. The van der Waals surface area contributed by atoms with Crippen molar-refractivity contribution in [1.29, 1.82) is 0 Å². The van der Waals surface area contributed by atoms with E-state index in [1.54, 1.807) is 38.4 Å². The van der Waals surface area contributed by atoms with Crippen molar-refractivity contribution in [3.05, 3.63) is 46.5 Å². The highest BCUT2D eigenvalue weighted by Crippen LogP contribution is 2.38. The van der Waals surface area contributed by atoms with E-state index in [0.29, 0.717) is 39.6 Å². The Balaban J connectivity index is 1.70. The smallest absolute Gasteiger partial charge is 0.274 e. The van der Waals surface area contributed by atoms with E-state index >= 15 is 0 Å². The summed E-state index contributed by atoms with van der Waals surface area (Å²) < 4.78 is 0. The van der Waals surface area contributed by atoms with E-state index in [9.17, 15) is 19.2 Å². The molecule has 2 aliphatic rings. The topological polar surface area (TPSA) is 78.0 Å². The lowest BCUT2D eigenvalue weighted by molar-refractivity contribution is 0.0182. The van der Waals surface area contributed by atoms with Crippen molar-refractivity contribution in [1.82, 2.24) is 14.9 Å². The van der Waals surface area contributed by atoms with Crippen molar-refractivity contribution in [3.63, 3.8) is 0 Å². The quantitative estimate of drug-likeness (QED) is 0.478. The van der Waals surface area contributed by atoms with Crippen molar-refractivity contribution >= 4 is 34.4 Å². The molecular weight excluding hydrogens is 394 g/mol. The summed E-state index contributed by atoms with van der Waals surface area (Å²) in [5, 5.41) is 3.33. The largest absolute Gasteiger partial charge is 0.276 e.